The molecule has 174 valence electrons. The number of aromatic nitrogens is 2. The number of hydrogen-bond donors (Lipinski definition) is 0. The Hall–Kier alpha value is -3.58. The maximum atomic E-state index is 13.4. The molecule has 5 rings (SSSR count). The lowest BCUT2D eigenvalue weighted by molar-refractivity contribution is 0.0738. The summed E-state index contributed by atoms with van der Waals surface area (Å²) in [5.41, 5.74) is 2.63. The summed E-state index contributed by atoms with van der Waals surface area (Å²) in [5.74, 6) is 2.59. The Bertz CT molecular complexity index is 1260. The number of ether oxygens (including phenoxy) is 2. The molecule has 0 spiro atoms. The number of rotatable bonds is 9. The average Bonchev–Trinajstić information content (AvgIpc) is 3.41. The molecule has 7 heteroatoms. The maximum absolute atomic E-state index is 13.4. The SMILES string of the molecule is COc1cccc(Oc2c(CN(CC3CC3)C(=O)c3cccs3)c(C)nn2-c2ccccc2)c1. The van der Waals surface area contributed by atoms with Crippen molar-refractivity contribution in [2.75, 3.05) is 13.7 Å². The summed E-state index contributed by atoms with van der Waals surface area (Å²) in [6, 6.07) is 21.2. The molecule has 2 heterocycles. The third-order valence-corrected chi connectivity index (χ3v) is 6.80. The van der Waals surface area contributed by atoms with Gasteiger partial charge in [0.1, 0.15) is 11.5 Å². The number of hydrogen-bond acceptors (Lipinski definition) is 5. The van der Waals surface area contributed by atoms with E-state index in [0.29, 0.717) is 29.8 Å². The molecule has 6 nitrogen and oxygen atoms in total. The summed E-state index contributed by atoms with van der Waals surface area (Å²) >= 11 is 1.48. The molecule has 1 amide bonds. The Morgan fingerprint density at radius 1 is 1.09 bits per heavy atom. The number of nitrogens with zero attached hydrogens (tertiary/aromatic N) is 3. The number of aryl methyl sites for hydroxylation is 1. The second kappa shape index (κ2) is 9.73. The molecule has 1 aliphatic rings. The van der Waals surface area contributed by atoms with Crippen molar-refractivity contribution in [1.82, 2.24) is 14.7 Å². The summed E-state index contributed by atoms with van der Waals surface area (Å²) in [6.45, 7) is 3.15. The summed E-state index contributed by atoms with van der Waals surface area (Å²) in [6.07, 6.45) is 2.34. The number of para-hydroxylation sites is 1. The fourth-order valence-electron chi connectivity index (χ4n) is 3.92. The molecule has 4 aromatic rings. The minimum atomic E-state index is 0.0566. The molecular weight excluding hydrogens is 446 g/mol. The molecule has 0 saturated heterocycles. The van der Waals surface area contributed by atoms with Crippen molar-refractivity contribution in [3.8, 4) is 23.1 Å². The molecule has 1 fully saturated rings. The van der Waals surface area contributed by atoms with E-state index >= 15 is 0 Å². The molecule has 1 aliphatic carbocycles. The highest BCUT2D eigenvalue weighted by atomic mass is 32.1. The topological polar surface area (TPSA) is 56.6 Å². The van der Waals surface area contributed by atoms with Gasteiger partial charge in [-0.25, -0.2) is 4.68 Å². The van der Waals surface area contributed by atoms with Crippen LogP contribution in [-0.2, 0) is 6.54 Å². The number of benzene rings is 2. The standard InChI is InChI=1S/C27H27N3O3S/c1-19-24(18-29(17-20-13-14-20)26(31)25-12-7-15-34-25)27(30(28-19)21-8-4-3-5-9-21)33-23-11-6-10-22(16-23)32-2/h3-12,15-16,20H,13-14,17-18H2,1-2H3. The van der Waals surface area contributed by atoms with Crippen molar-refractivity contribution in [2.45, 2.75) is 26.3 Å². The second-order valence-corrected chi connectivity index (χ2v) is 9.45. The number of carbonyl (C=O) groups is 1. The first-order chi connectivity index (χ1) is 16.6. The minimum Gasteiger partial charge on any atom is -0.497 e. The van der Waals surface area contributed by atoms with Gasteiger partial charge in [0, 0.05) is 12.6 Å². The van der Waals surface area contributed by atoms with Crippen LogP contribution in [0.15, 0.2) is 72.1 Å². The van der Waals surface area contributed by atoms with Crippen LogP contribution in [0.2, 0.25) is 0 Å². The van der Waals surface area contributed by atoms with Crippen LogP contribution in [0, 0.1) is 12.8 Å². The van der Waals surface area contributed by atoms with Gasteiger partial charge in [-0.3, -0.25) is 4.79 Å². The zero-order chi connectivity index (χ0) is 23.5. The van der Waals surface area contributed by atoms with Crippen LogP contribution in [0.5, 0.6) is 17.4 Å². The first-order valence-corrected chi connectivity index (χ1v) is 12.3. The normalized spacial score (nSPS) is 13.0. The fraction of sp³-hybridized carbons (Fsp3) is 0.259. The van der Waals surface area contributed by atoms with Crippen LogP contribution in [-0.4, -0.2) is 34.2 Å². The van der Waals surface area contributed by atoms with Gasteiger partial charge in [0.05, 0.1) is 35.5 Å². The predicted octanol–water partition coefficient (Wildman–Crippen LogP) is 6.10. The smallest absolute Gasteiger partial charge is 0.264 e. The highest BCUT2D eigenvalue weighted by Crippen LogP contribution is 2.35. The lowest BCUT2D eigenvalue weighted by atomic mass is 10.2. The molecule has 34 heavy (non-hydrogen) atoms. The van der Waals surface area contributed by atoms with Crippen LogP contribution in [0.4, 0.5) is 0 Å². The zero-order valence-electron chi connectivity index (χ0n) is 19.3. The second-order valence-electron chi connectivity index (χ2n) is 8.50. The van der Waals surface area contributed by atoms with Gasteiger partial charge in [-0.1, -0.05) is 30.3 Å². The molecule has 0 radical (unpaired) electrons. The molecule has 0 N–H and O–H groups in total. The third kappa shape index (κ3) is 4.84. The van der Waals surface area contributed by atoms with E-state index in [4.69, 9.17) is 14.6 Å². The van der Waals surface area contributed by atoms with E-state index in [1.54, 1.807) is 7.11 Å². The van der Waals surface area contributed by atoms with Crippen molar-refractivity contribution in [1.29, 1.82) is 0 Å². The summed E-state index contributed by atoms with van der Waals surface area (Å²) in [5, 5.41) is 6.76. The van der Waals surface area contributed by atoms with Gasteiger partial charge in [-0.15, -0.1) is 11.3 Å². The molecule has 0 atom stereocenters. The minimum absolute atomic E-state index is 0.0566. The average molecular weight is 474 g/mol. The van der Waals surface area contributed by atoms with Crippen molar-refractivity contribution in [3.05, 3.63) is 88.2 Å². The van der Waals surface area contributed by atoms with Gasteiger partial charge in [-0.2, -0.15) is 5.10 Å². The van der Waals surface area contributed by atoms with Crippen molar-refractivity contribution >= 4 is 17.2 Å². The monoisotopic (exact) mass is 473 g/mol. The molecule has 0 bridgehead atoms. The lowest BCUT2D eigenvalue weighted by Gasteiger charge is -2.23. The summed E-state index contributed by atoms with van der Waals surface area (Å²) < 4.78 is 13.6. The Labute approximate surface area is 203 Å². The molecule has 0 aliphatic heterocycles. The molecule has 2 aromatic carbocycles. The van der Waals surface area contributed by atoms with Crippen LogP contribution in [0.3, 0.4) is 0 Å². The van der Waals surface area contributed by atoms with Gasteiger partial charge in [-0.05, 0) is 61.4 Å². The first-order valence-electron chi connectivity index (χ1n) is 11.4. The van der Waals surface area contributed by atoms with Crippen LogP contribution in [0.1, 0.15) is 33.8 Å². The Morgan fingerprint density at radius 2 is 1.88 bits per heavy atom. The highest BCUT2D eigenvalue weighted by molar-refractivity contribution is 7.12. The van der Waals surface area contributed by atoms with E-state index in [-0.39, 0.29) is 5.91 Å². The van der Waals surface area contributed by atoms with Crippen LogP contribution >= 0.6 is 11.3 Å². The van der Waals surface area contributed by atoms with Crippen molar-refractivity contribution < 1.29 is 14.3 Å². The third-order valence-electron chi connectivity index (χ3n) is 5.94. The predicted molar refractivity (Wildman–Crippen MR) is 133 cm³/mol. The van der Waals surface area contributed by atoms with Crippen molar-refractivity contribution in [2.24, 2.45) is 5.92 Å². The quantitative estimate of drug-likeness (QED) is 0.295. The number of thiophene rings is 1. The number of amides is 1. The van der Waals surface area contributed by atoms with Gasteiger partial charge >= 0.3 is 0 Å². The fourth-order valence-corrected chi connectivity index (χ4v) is 4.61. The van der Waals surface area contributed by atoms with E-state index in [1.807, 2.05) is 88.6 Å². The molecule has 2 aromatic heterocycles. The number of carbonyl (C=O) groups excluding carboxylic acids is 1. The largest absolute Gasteiger partial charge is 0.497 e. The van der Waals surface area contributed by atoms with Gasteiger partial charge in [0.2, 0.25) is 5.88 Å². The van der Waals surface area contributed by atoms with Crippen LogP contribution < -0.4 is 9.47 Å². The van der Waals surface area contributed by atoms with E-state index in [1.165, 1.54) is 24.2 Å². The highest BCUT2D eigenvalue weighted by Gasteiger charge is 2.30. The number of methoxy groups -OCH3 is 1. The zero-order valence-corrected chi connectivity index (χ0v) is 20.1. The van der Waals surface area contributed by atoms with Gasteiger partial charge < -0.3 is 14.4 Å². The van der Waals surface area contributed by atoms with E-state index in [0.717, 1.165) is 28.4 Å². The summed E-state index contributed by atoms with van der Waals surface area (Å²) in [7, 11) is 1.63. The molecule has 0 unspecified atom stereocenters. The van der Waals surface area contributed by atoms with E-state index < -0.39 is 0 Å². The maximum Gasteiger partial charge on any atom is 0.264 e. The van der Waals surface area contributed by atoms with Crippen molar-refractivity contribution in [3.63, 3.8) is 0 Å². The molecule has 1 saturated carbocycles. The van der Waals surface area contributed by atoms with Crippen LogP contribution in [0.25, 0.3) is 5.69 Å². The van der Waals surface area contributed by atoms with Gasteiger partial charge in [0.15, 0.2) is 0 Å². The Balaban J connectivity index is 1.54. The molecular formula is C27H27N3O3S. The van der Waals surface area contributed by atoms with E-state index in [2.05, 4.69) is 0 Å². The Kier molecular flexibility index (Phi) is 6.36. The first kappa shape index (κ1) is 22.2. The summed E-state index contributed by atoms with van der Waals surface area (Å²) in [4.78, 5) is 16.1. The lowest BCUT2D eigenvalue weighted by Crippen LogP contribution is -2.32. The van der Waals surface area contributed by atoms with Gasteiger partial charge in [0.25, 0.3) is 5.91 Å². The van der Waals surface area contributed by atoms with E-state index in [9.17, 15) is 4.79 Å². The Morgan fingerprint density at radius 3 is 2.59 bits per heavy atom.